The van der Waals surface area contributed by atoms with E-state index in [9.17, 15) is 14.4 Å². The zero-order valence-electron chi connectivity index (χ0n) is 12.4. The molecule has 2 amide bonds. The maximum Gasteiger partial charge on any atom is 0.514 e. The van der Waals surface area contributed by atoms with Gasteiger partial charge in [-0.15, -0.1) is 0 Å². The van der Waals surface area contributed by atoms with Gasteiger partial charge in [0, 0.05) is 12.3 Å². The SMILES string of the molecule is CCOC(=O)NC(=O)c1nccc(OC)c1OC(=O)OCC. The molecule has 1 heterocycles. The molecule has 0 spiro atoms. The molecule has 1 aromatic rings. The molecular weight excluding hydrogens is 296 g/mol. The molecule has 0 aliphatic carbocycles. The van der Waals surface area contributed by atoms with Gasteiger partial charge in [-0.3, -0.25) is 10.1 Å². The molecule has 0 radical (unpaired) electrons. The molecule has 0 unspecified atom stereocenters. The number of pyridine rings is 1. The highest BCUT2D eigenvalue weighted by molar-refractivity contribution is 6.04. The number of alkyl carbamates (subject to hydrolysis) is 1. The average molecular weight is 312 g/mol. The lowest BCUT2D eigenvalue weighted by Crippen LogP contribution is -2.32. The zero-order chi connectivity index (χ0) is 16.5. The topological polar surface area (TPSA) is 113 Å². The number of ether oxygens (including phenoxy) is 4. The first-order valence-corrected chi connectivity index (χ1v) is 6.39. The van der Waals surface area contributed by atoms with Crippen LogP contribution in [-0.2, 0) is 9.47 Å². The highest BCUT2D eigenvalue weighted by atomic mass is 16.7. The monoisotopic (exact) mass is 312 g/mol. The van der Waals surface area contributed by atoms with Crippen LogP contribution in [-0.4, -0.2) is 43.5 Å². The molecule has 0 aliphatic rings. The fourth-order valence-corrected chi connectivity index (χ4v) is 1.40. The van der Waals surface area contributed by atoms with Crippen molar-refractivity contribution in [1.82, 2.24) is 10.3 Å². The lowest BCUT2D eigenvalue weighted by molar-refractivity contribution is 0.0906. The van der Waals surface area contributed by atoms with Crippen molar-refractivity contribution in [2.75, 3.05) is 20.3 Å². The lowest BCUT2D eigenvalue weighted by Gasteiger charge is -2.12. The predicted molar refractivity (Wildman–Crippen MR) is 72.9 cm³/mol. The lowest BCUT2D eigenvalue weighted by atomic mass is 10.3. The standard InChI is InChI=1S/C13H16N2O7/c1-4-20-12(17)15-11(16)9-10(22-13(18)21-5-2)8(19-3)6-7-14-9/h6-7H,4-5H2,1-3H3,(H,15,16,17). The molecule has 0 atom stereocenters. The number of imide groups is 1. The number of nitrogens with zero attached hydrogens (tertiary/aromatic N) is 1. The number of rotatable bonds is 5. The van der Waals surface area contributed by atoms with Gasteiger partial charge in [0.2, 0.25) is 5.75 Å². The van der Waals surface area contributed by atoms with Crippen LogP contribution in [0.5, 0.6) is 11.5 Å². The predicted octanol–water partition coefficient (Wildman–Crippen LogP) is 1.51. The minimum Gasteiger partial charge on any atom is -0.493 e. The van der Waals surface area contributed by atoms with Gasteiger partial charge in [0.15, 0.2) is 11.4 Å². The number of hydrogen-bond acceptors (Lipinski definition) is 8. The van der Waals surface area contributed by atoms with Crippen molar-refractivity contribution in [3.8, 4) is 11.5 Å². The van der Waals surface area contributed by atoms with Crippen LogP contribution in [0.2, 0.25) is 0 Å². The zero-order valence-corrected chi connectivity index (χ0v) is 12.4. The second kappa shape index (κ2) is 8.45. The molecule has 0 aromatic carbocycles. The van der Waals surface area contributed by atoms with Gasteiger partial charge in [0.1, 0.15) is 0 Å². The third kappa shape index (κ3) is 4.62. The van der Waals surface area contributed by atoms with Gasteiger partial charge in [0.05, 0.1) is 20.3 Å². The molecule has 1 N–H and O–H groups in total. The second-order valence-corrected chi connectivity index (χ2v) is 3.65. The Balaban J connectivity index is 3.04. The van der Waals surface area contributed by atoms with Crippen molar-refractivity contribution < 1.29 is 33.3 Å². The third-order valence-electron chi connectivity index (χ3n) is 2.24. The summed E-state index contributed by atoms with van der Waals surface area (Å²) in [6, 6.07) is 1.38. The first kappa shape index (κ1) is 17.2. The van der Waals surface area contributed by atoms with E-state index < -0.39 is 18.2 Å². The summed E-state index contributed by atoms with van der Waals surface area (Å²) in [5.74, 6) is -1.08. The molecule has 1 rings (SSSR count). The number of amides is 2. The third-order valence-corrected chi connectivity index (χ3v) is 2.24. The summed E-state index contributed by atoms with van der Waals surface area (Å²) in [5.41, 5.74) is -0.319. The number of hydrogen-bond donors (Lipinski definition) is 1. The van der Waals surface area contributed by atoms with E-state index in [0.717, 1.165) is 0 Å². The Morgan fingerprint density at radius 1 is 1.18 bits per heavy atom. The average Bonchev–Trinajstić information content (AvgIpc) is 2.47. The van der Waals surface area contributed by atoms with E-state index >= 15 is 0 Å². The van der Waals surface area contributed by atoms with Crippen molar-refractivity contribution in [3.63, 3.8) is 0 Å². The number of methoxy groups -OCH3 is 1. The Bertz CT molecular complexity index is 559. The van der Waals surface area contributed by atoms with Crippen LogP contribution >= 0.6 is 0 Å². The van der Waals surface area contributed by atoms with Crippen LogP contribution in [0.15, 0.2) is 12.3 Å². The van der Waals surface area contributed by atoms with Gasteiger partial charge >= 0.3 is 12.2 Å². The van der Waals surface area contributed by atoms with Gasteiger partial charge in [-0.1, -0.05) is 0 Å². The number of aromatic nitrogens is 1. The van der Waals surface area contributed by atoms with Crippen molar-refractivity contribution in [2.24, 2.45) is 0 Å². The highest BCUT2D eigenvalue weighted by Gasteiger charge is 2.23. The number of nitrogens with one attached hydrogen (secondary N) is 1. The Hall–Kier alpha value is -2.84. The van der Waals surface area contributed by atoms with Crippen LogP contribution in [0, 0.1) is 0 Å². The minimum absolute atomic E-state index is 0.0806. The van der Waals surface area contributed by atoms with Gasteiger partial charge in [0.25, 0.3) is 5.91 Å². The number of carbonyl (C=O) groups excluding carboxylic acids is 3. The Morgan fingerprint density at radius 2 is 1.86 bits per heavy atom. The summed E-state index contributed by atoms with van der Waals surface area (Å²) >= 11 is 0. The molecule has 0 fully saturated rings. The first-order valence-electron chi connectivity index (χ1n) is 6.39. The summed E-state index contributed by atoms with van der Waals surface area (Å²) in [4.78, 5) is 38.5. The quantitative estimate of drug-likeness (QED) is 0.814. The molecule has 9 heteroatoms. The van der Waals surface area contributed by atoms with Gasteiger partial charge in [-0.25, -0.2) is 14.6 Å². The summed E-state index contributed by atoms with van der Waals surface area (Å²) in [6.45, 7) is 3.36. The van der Waals surface area contributed by atoms with Crippen LogP contribution < -0.4 is 14.8 Å². The maximum absolute atomic E-state index is 12.0. The molecular formula is C13H16N2O7. The fraction of sp³-hybridized carbons (Fsp3) is 0.385. The molecule has 0 saturated heterocycles. The summed E-state index contributed by atoms with van der Waals surface area (Å²) in [5, 5.41) is 1.94. The van der Waals surface area contributed by atoms with Gasteiger partial charge < -0.3 is 18.9 Å². The highest BCUT2D eigenvalue weighted by Crippen LogP contribution is 2.29. The smallest absolute Gasteiger partial charge is 0.493 e. The summed E-state index contributed by atoms with van der Waals surface area (Å²) in [7, 11) is 1.32. The molecule has 1 aromatic heterocycles. The summed E-state index contributed by atoms with van der Waals surface area (Å²) < 4.78 is 19.1. The Kier molecular flexibility index (Phi) is 6.61. The Morgan fingerprint density at radius 3 is 2.45 bits per heavy atom. The van der Waals surface area contributed by atoms with E-state index in [0.29, 0.717) is 0 Å². The molecule has 120 valence electrons. The largest absolute Gasteiger partial charge is 0.514 e. The van der Waals surface area contributed by atoms with Crippen LogP contribution in [0.4, 0.5) is 9.59 Å². The van der Waals surface area contributed by atoms with Crippen molar-refractivity contribution in [2.45, 2.75) is 13.8 Å². The van der Waals surface area contributed by atoms with E-state index in [1.54, 1.807) is 13.8 Å². The van der Waals surface area contributed by atoms with Crippen LogP contribution in [0.25, 0.3) is 0 Å². The molecule has 0 aliphatic heterocycles. The molecule has 22 heavy (non-hydrogen) atoms. The van der Waals surface area contributed by atoms with Gasteiger partial charge in [-0.05, 0) is 13.8 Å². The fourth-order valence-electron chi connectivity index (χ4n) is 1.40. The normalized spacial score (nSPS) is 9.59. The minimum atomic E-state index is -1.03. The van der Waals surface area contributed by atoms with Crippen molar-refractivity contribution >= 4 is 18.2 Å². The van der Waals surface area contributed by atoms with E-state index in [4.69, 9.17) is 9.47 Å². The molecule has 0 bridgehead atoms. The van der Waals surface area contributed by atoms with Crippen LogP contribution in [0.1, 0.15) is 24.3 Å². The van der Waals surface area contributed by atoms with Crippen LogP contribution in [0.3, 0.4) is 0 Å². The van der Waals surface area contributed by atoms with E-state index in [2.05, 4.69) is 14.5 Å². The maximum atomic E-state index is 12.0. The molecule has 9 nitrogen and oxygen atoms in total. The van der Waals surface area contributed by atoms with E-state index in [-0.39, 0.29) is 30.4 Å². The number of carbonyl (C=O) groups is 3. The Labute approximate surface area is 126 Å². The van der Waals surface area contributed by atoms with E-state index in [1.807, 2.05) is 5.32 Å². The first-order chi connectivity index (χ1) is 10.5. The van der Waals surface area contributed by atoms with Crippen molar-refractivity contribution in [1.29, 1.82) is 0 Å². The van der Waals surface area contributed by atoms with E-state index in [1.165, 1.54) is 19.4 Å². The second-order valence-electron chi connectivity index (χ2n) is 3.65. The van der Waals surface area contributed by atoms with Gasteiger partial charge in [-0.2, -0.15) is 0 Å². The molecule has 0 saturated carbocycles. The summed E-state index contributed by atoms with van der Waals surface area (Å²) in [6.07, 6.45) is -0.713. The van der Waals surface area contributed by atoms with Crippen molar-refractivity contribution in [3.05, 3.63) is 18.0 Å².